The molecule has 5 aromatic rings. The average Bonchev–Trinajstić information content (AvgIpc) is 1.59. The lowest BCUT2D eigenvalue weighted by Gasteiger charge is -2.27. The van der Waals surface area contributed by atoms with Crippen molar-refractivity contribution < 1.29 is 113 Å². The fourth-order valence-corrected chi connectivity index (χ4v) is 19.8. The van der Waals surface area contributed by atoms with Crippen molar-refractivity contribution in [3.05, 3.63) is 231 Å². The molecule has 0 unspecified atom stereocenters. The lowest BCUT2D eigenvalue weighted by Crippen LogP contribution is -2.35. The summed E-state index contributed by atoms with van der Waals surface area (Å²) in [6.45, 7) is 21.4. The van der Waals surface area contributed by atoms with Crippen molar-refractivity contribution in [1.82, 2.24) is 0 Å². The number of para-hydroxylation sites is 2. The van der Waals surface area contributed by atoms with E-state index in [1.165, 1.54) is 53.0 Å². The van der Waals surface area contributed by atoms with Crippen molar-refractivity contribution in [2.45, 2.75) is 186 Å². The number of halogens is 10. The van der Waals surface area contributed by atoms with Gasteiger partial charge in [-0.25, -0.2) is 25.3 Å². The number of likely N-dealkylation sites (N-methyl/N-ethyl adjacent to an activating group) is 2. The molecule has 118 heavy (non-hydrogen) atoms. The third kappa shape index (κ3) is 18.6. The maximum atomic E-state index is 14.2. The zero-order chi connectivity index (χ0) is 87.8. The molecule has 2 aliphatic carbocycles. The topological polar surface area (TPSA) is 254 Å². The largest absolute Gasteiger partial charge is 0.741 e. The van der Waals surface area contributed by atoms with Crippen LogP contribution in [0.4, 0.5) is 66.7 Å². The van der Waals surface area contributed by atoms with Crippen LogP contribution in [0.1, 0.15) is 148 Å². The standard InChI is InChI=1S/C41H44F4N3O6S3.C40H50F3N3O5S2.CHF3O3S/c1-25-9-15-28(16-10-25)57(53,54)48(8)37-26(13-21-35-40(2,3)31-23-29(55(49,50)38(42)43)17-19-33(31)46(35)6)11-12-27(37)14-22-36-41(4,5)32-24-30(56(51,52)39(44)45)18-20-34(32)47(36)7;1-7-8-13-26-45-33-18-11-9-16-31(33)38(2,3)35(45)24-22-29-20-21-30(37(29)44(6)53(48,49)40(41,42)43)23-25-36-39(4,5)32-17-10-12-19-34(32)46(36)27-14-15-28-52-51-50-47;2-1(3,4)8(5,6)7/h9-10,13-24,38-39H,11-12H2,1-8H3;9-12,16-19,22-25H,7-8,13-15,20-21,26-28H2,1-6H3;(H,5,6,7)/q+1;;/p-1. The van der Waals surface area contributed by atoms with Crippen LogP contribution in [0.3, 0.4) is 0 Å². The van der Waals surface area contributed by atoms with Gasteiger partial charge in [0.1, 0.15) is 4.90 Å². The van der Waals surface area contributed by atoms with Crippen LogP contribution in [0.5, 0.6) is 0 Å². The maximum absolute atomic E-state index is 14.2. The second kappa shape index (κ2) is 35.5. The molecule has 11 rings (SSSR count). The van der Waals surface area contributed by atoms with Gasteiger partial charge in [0.05, 0.1) is 9.79 Å². The molecule has 2 saturated carbocycles. The van der Waals surface area contributed by atoms with Crippen molar-refractivity contribution >= 4 is 96.1 Å². The maximum Gasteiger partial charge on any atom is 0.560 e. The Balaban J connectivity index is 0.000000247. The first-order valence-electron chi connectivity index (χ1n) is 37.4. The van der Waals surface area contributed by atoms with Gasteiger partial charge in [0, 0.05) is 134 Å². The average molecular weight is 1770 g/mol. The van der Waals surface area contributed by atoms with Gasteiger partial charge in [-0.2, -0.15) is 65.1 Å². The molecule has 4 aliphatic heterocycles. The molecule has 0 atom stereocenters. The van der Waals surface area contributed by atoms with Gasteiger partial charge in [-0.3, -0.25) is 5.04 Å². The summed E-state index contributed by atoms with van der Waals surface area (Å²) < 4.78 is 265. The molecule has 6 aliphatic rings. The van der Waals surface area contributed by atoms with Crippen LogP contribution in [0, 0.1) is 6.92 Å². The predicted octanol–water partition coefficient (Wildman–Crippen LogP) is 16.9. The van der Waals surface area contributed by atoms with Crippen molar-refractivity contribution in [2.75, 3.05) is 66.6 Å². The van der Waals surface area contributed by atoms with Gasteiger partial charge in [-0.15, -0.1) is 7.96 Å². The van der Waals surface area contributed by atoms with E-state index in [1.54, 1.807) is 44.4 Å². The third-order valence-electron chi connectivity index (χ3n) is 22.2. The smallest absolute Gasteiger partial charge is 0.560 e. The SMILES string of the molecule is CCCCCN1/C(=C/C=C2CCC(=CC=C3N(CCCCSOO[O-])c4ccccc4C3(C)C)C2=[N+](C)S(=O)(=O)C(F)(F)F)C(C)(C)c2ccccc21.Cc1ccc(S(=O)(=O)[N+](C)=C2C(=CC=C3N(C)c4ccc(S(=O)(=O)C(F)F)cc4C3(C)C)CCC2=C/C=C2/N(C)c3ccc(S(=O)(=O)C(F)F)cc3C2(C)C)cc1.O=S(=O)([O-])C(F)(F)F. The summed E-state index contributed by atoms with van der Waals surface area (Å²) in [5, 5.41) is 13.6. The number of benzene rings is 5. The van der Waals surface area contributed by atoms with Crippen LogP contribution in [0.15, 0.2) is 218 Å². The highest BCUT2D eigenvalue weighted by Crippen LogP contribution is 2.53. The van der Waals surface area contributed by atoms with Crippen LogP contribution in [-0.4, -0.2) is 136 Å². The molecule has 0 aromatic heterocycles. The molecular formula is C82H94F10N6O14S6. The Hall–Kier alpha value is -8.20. The fraction of sp³-hybridized carbons (Fsp3) is 0.415. The fourth-order valence-electron chi connectivity index (χ4n) is 15.8. The molecular weight excluding hydrogens is 1680 g/mol. The Bertz CT molecular complexity index is 5510. The number of nitrogens with zero attached hydrogens (tertiary/aromatic N) is 6. The van der Waals surface area contributed by atoms with E-state index in [1.807, 2.05) is 117 Å². The minimum atomic E-state index is -6.09. The molecule has 0 saturated heterocycles. The molecule has 2 fully saturated rings. The van der Waals surface area contributed by atoms with E-state index in [4.69, 9.17) is 13.0 Å². The van der Waals surface area contributed by atoms with Gasteiger partial charge in [0.15, 0.2) is 24.2 Å². The minimum Gasteiger partial charge on any atom is -0.741 e. The molecule has 5 aromatic carbocycles. The Morgan fingerprint density at radius 2 is 0.822 bits per heavy atom. The first-order chi connectivity index (χ1) is 54.7. The molecule has 0 radical (unpaired) electrons. The number of sulfonamides is 2. The second-order valence-electron chi connectivity index (χ2n) is 31.1. The van der Waals surface area contributed by atoms with E-state index >= 15 is 0 Å². The van der Waals surface area contributed by atoms with E-state index in [0.717, 1.165) is 103 Å². The monoisotopic (exact) mass is 1770 g/mol. The summed E-state index contributed by atoms with van der Waals surface area (Å²) in [4.78, 5) is 7.34. The summed E-state index contributed by atoms with van der Waals surface area (Å²) >= 11 is 0.943. The van der Waals surface area contributed by atoms with Crippen LogP contribution in [-0.2, 0) is 80.9 Å². The normalized spacial score (nSPS) is 21.4. The molecule has 0 amide bonds. The summed E-state index contributed by atoms with van der Waals surface area (Å²) in [7, 11) is -19.5. The Morgan fingerprint density at radius 1 is 0.475 bits per heavy atom. The number of hydrogen-bond donors (Lipinski definition) is 0. The Morgan fingerprint density at radius 3 is 1.18 bits per heavy atom. The lowest BCUT2D eigenvalue weighted by atomic mass is 9.83. The van der Waals surface area contributed by atoms with Crippen molar-refractivity contribution in [2.24, 2.45) is 0 Å². The summed E-state index contributed by atoms with van der Waals surface area (Å²) in [5.41, 5.74) is 0.487. The number of fused-ring (bicyclic) bond motifs is 4. The molecule has 0 bridgehead atoms. The highest BCUT2D eigenvalue weighted by molar-refractivity contribution is 7.94. The van der Waals surface area contributed by atoms with Crippen molar-refractivity contribution in [3.8, 4) is 0 Å². The highest BCUT2D eigenvalue weighted by Gasteiger charge is 2.56. The predicted molar refractivity (Wildman–Crippen MR) is 434 cm³/mol. The van der Waals surface area contributed by atoms with E-state index in [0.29, 0.717) is 92.5 Å². The zero-order valence-corrected chi connectivity index (χ0v) is 72.2. The van der Waals surface area contributed by atoms with E-state index in [-0.39, 0.29) is 16.0 Å². The van der Waals surface area contributed by atoms with Crippen molar-refractivity contribution in [3.63, 3.8) is 0 Å². The molecule has 0 N–H and O–H groups in total. The van der Waals surface area contributed by atoms with Crippen LogP contribution < -0.4 is 24.9 Å². The molecule has 20 nitrogen and oxygen atoms in total. The molecule has 36 heteroatoms. The van der Waals surface area contributed by atoms with Gasteiger partial charge in [-0.1, -0.05) is 154 Å². The van der Waals surface area contributed by atoms with Gasteiger partial charge in [0.2, 0.25) is 31.1 Å². The van der Waals surface area contributed by atoms with E-state index in [2.05, 4.69) is 72.0 Å². The number of aryl methyl sites for hydroxylation is 1. The Labute approximate surface area is 688 Å². The summed E-state index contributed by atoms with van der Waals surface area (Å²) in [6, 6.07) is 30.7. The molecule has 642 valence electrons. The first kappa shape index (κ1) is 93.7. The van der Waals surface area contributed by atoms with Gasteiger partial charge >= 0.3 is 42.6 Å². The van der Waals surface area contributed by atoms with E-state index < -0.39 is 98.4 Å². The summed E-state index contributed by atoms with van der Waals surface area (Å²) in [5.74, 6) is -6.58. The number of rotatable bonds is 22. The number of sulfone groups is 2. The Kier molecular flexibility index (Phi) is 28.2. The molecule has 4 heterocycles. The van der Waals surface area contributed by atoms with Crippen LogP contribution in [0.2, 0.25) is 0 Å². The quantitative estimate of drug-likeness (QED) is 0.00912. The third-order valence-corrected chi connectivity index (χ3v) is 29.4. The minimum absolute atomic E-state index is 0.0550. The lowest BCUT2D eigenvalue weighted by molar-refractivity contribution is -0.777. The zero-order valence-electron chi connectivity index (χ0n) is 67.3. The number of anilines is 4. The molecule has 0 spiro atoms. The number of hydrogen-bond acceptors (Lipinski definition) is 19. The van der Waals surface area contributed by atoms with Crippen LogP contribution in [0.25, 0.3) is 0 Å². The second-order valence-corrected chi connectivity index (χ2v) is 41.0. The van der Waals surface area contributed by atoms with E-state index in [9.17, 15) is 82.8 Å². The number of unbranched alkanes of at least 4 members (excludes halogenated alkanes) is 3. The van der Waals surface area contributed by atoms with Gasteiger partial charge in [0.25, 0.3) is 0 Å². The summed E-state index contributed by atoms with van der Waals surface area (Å²) in [6.07, 6.45) is 21.2. The number of allylic oxidation sites excluding steroid dienone is 16. The van der Waals surface area contributed by atoms with Gasteiger partial charge in [-0.05, 0) is 159 Å². The van der Waals surface area contributed by atoms with Gasteiger partial charge < -0.3 is 29.4 Å². The highest BCUT2D eigenvalue weighted by atomic mass is 32.2. The van der Waals surface area contributed by atoms with Crippen LogP contribution >= 0.6 is 12.0 Å². The first-order valence-corrected chi connectivity index (χ1v) is 45.7. The number of alkyl halides is 10. The van der Waals surface area contributed by atoms with Crippen molar-refractivity contribution in [1.29, 1.82) is 0 Å².